The molecule has 0 saturated heterocycles. The number of benzene rings is 9. The molecule has 0 spiro atoms. The molecule has 1 aromatic heterocycles. The van der Waals surface area contributed by atoms with Crippen molar-refractivity contribution in [2.45, 2.75) is 0 Å². The van der Waals surface area contributed by atoms with E-state index >= 15 is 0 Å². The zero-order valence-electron chi connectivity index (χ0n) is 28.4. The highest BCUT2D eigenvalue weighted by molar-refractivity contribution is 6.06. The zero-order chi connectivity index (χ0) is 34.4. The van der Waals surface area contributed by atoms with Gasteiger partial charge in [-0.2, -0.15) is 0 Å². The van der Waals surface area contributed by atoms with E-state index < -0.39 is 0 Å². The summed E-state index contributed by atoms with van der Waals surface area (Å²) in [6.45, 7) is 0. The van der Waals surface area contributed by atoms with Crippen molar-refractivity contribution in [3.63, 3.8) is 0 Å². The van der Waals surface area contributed by atoms with Crippen LogP contribution in [0.2, 0.25) is 0 Å². The summed E-state index contributed by atoms with van der Waals surface area (Å²) in [6, 6.07) is 71.7. The Hall–Kier alpha value is -6.90. The molecule has 9 aromatic carbocycles. The van der Waals surface area contributed by atoms with E-state index in [1.807, 2.05) is 12.1 Å². The number of nitrogens with zero attached hydrogens (tertiary/aromatic N) is 1. The van der Waals surface area contributed by atoms with E-state index in [2.05, 4.69) is 193 Å². The summed E-state index contributed by atoms with van der Waals surface area (Å²) in [5, 5.41) is 7.22. The van der Waals surface area contributed by atoms with Crippen LogP contribution in [0.4, 0.5) is 17.1 Å². The van der Waals surface area contributed by atoms with Gasteiger partial charge in [-0.15, -0.1) is 0 Å². The van der Waals surface area contributed by atoms with Crippen LogP contribution in [-0.2, 0) is 0 Å². The Morgan fingerprint density at radius 3 is 1.54 bits per heavy atom. The second-order valence-corrected chi connectivity index (χ2v) is 13.3. The van der Waals surface area contributed by atoms with Gasteiger partial charge in [0.1, 0.15) is 11.2 Å². The van der Waals surface area contributed by atoms with Crippen LogP contribution in [0.25, 0.3) is 76.9 Å². The maximum atomic E-state index is 6.36. The molecule has 10 aromatic rings. The van der Waals surface area contributed by atoms with Gasteiger partial charge in [-0.05, 0) is 103 Å². The topological polar surface area (TPSA) is 16.4 Å². The molecule has 0 aliphatic heterocycles. The van der Waals surface area contributed by atoms with Crippen molar-refractivity contribution in [2.75, 3.05) is 4.90 Å². The van der Waals surface area contributed by atoms with E-state index in [4.69, 9.17) is 4.42 Å². The second kappa shape index (κ2) is 12.5. The third kappa shape index (κ3) is 5.21. The van der Waals surface area contributed by atoms with Crippen molar-refractivity contribution in [3.8, 4) is 33.4 Å². The van der Waals surface area contributed by atoms with Gasteiger partial charge in [0, 0.05) is 33.9 Å². The minimum Gasteiger partial charge on any atom is -0.456 e. The third-order valence-corrected chi connectivity index (χ3v) is 10.3. The van der Waals surface area contributed by atoms with Crippen LogP contribution >= 0.6 is 0 Å². The molecular weight excluding hydrogens is 631 g/mol. The number of anilines is 3. The molecule has 2 heteroatoms. The highest BCUT2D eigenvalue weighted by atomic mass is 16.3. The predicted molar refractivity (Wildman–Crippen MR) is 220 cm³/mol. The van der Waals surface area contributed by atoms with Gasteiger partial charge in [-0.1, -0.05) is 146 Å². The summed E-state index contributed by atoms with van der Waals surface area (Å²) < 4.78 is 6.36. The van der Waals surface area contributed by atoms with Gasteiger partial charge in [0.25, 0.3) is 0 Å². The van der Waals surface area contributed by atoms with Crippen LogP contribution < -0.4 is 4.90 Å². The molecule has 0 N–H and O–H groups in total. The van der Waals surface area contributed by atoms with E-state index in [1.165, 1.54) is 54.9 Å². The maximum absolute atomic E-state index is 6.36. The van der Waals surface area contributed by atoms with E-state index in [1.54, 1.807) is 0 Å². The molecule has 1 heterocycles. The largest absolute Gasteiger partial charge is 0.456 e. The van der Waals surface area contributed by atoms with Crippen LogP contribution in [-0.4, -0.2) is 0 Å². The standard InChI is InChI=1S/C50H33NO/c1-2-10-34(11-3-1)38-24-30-46-39(32-38)14-9-18-45(46)37-22-27-41(28-23-37)51(42-29-31-48-47-16-6-7-19-49(47)52-50(48)33-42)40-25-20-36(21-26-40)44-17-8-13-35-12-4-5-15-43(35)44/h1-33H. The van der Waals surface area contributed by atoms with Crippen molar-refractivity contribution in [3.05, 3.63) is 200 Å². The summed E-state index contributed by atoms with van der Waals surface area (Å²) in [4.78, 5) is 2.32. The molecule has 0 fully saturated rings. The van der Waals surface area contributed by atoms with E-state index in [9.17, 15) is 0 Å². The van der Waals surface area contributed by atoms with E-state index in [0.717, 1.165) is 39.0 Å². The monoisotopic (exact) mass is 663 g/mol. The fourth-order valence-electron chi connectivity index (χ4n) is 7.70. The van der Waals surface area contributed by atoms with Crippen molar-refractivity contribution in [1.29, 1.82) is 0 Å². The third-order valence-electron chi connectivity index (χ3n) is 10.3. The Labute approximate surface area is 302 Å². The van der Waals surface area contributed by atoms with Gasteiger partial charge < -0.3 is 9.32 Å². The molecule has 0 bridgehead atoms. The quantitative estimate of drug-likeness (QED) is 0.176. The summed E-state index contributed by atoms with van der Waals surface area (Å²) in [5.41, 5.74) is 12.2. The highest BCUT2D eigenvalue weighted by Gasteiger charge is 2.17. The molecule has 0 aliphatic carbocycles. The van der Waals surface area contributed by atoms with Gasteiger partial charge in [-0.3, -0.25) is 0 Å². The number of rotatable bonds is 6. The molecule has 0 atom stereocenters. The molecular formula is C50H33NO. The van der Waals surface area contributed by atoms with Crippen LogP contribution in [0.1, 0.15) is 0 Å². The first-order valence-electron chi connectivity index (χ1n) is 17.8. The van der Waals surface area contributed by atoms with Gasteiger partial charge in [0.2, 0.25) is 0 Å². The lowest BCUT2D eigenvalue weighted by atomic mass is 9.95. The minimum atomic E-state index is 0.873. The minimum absolute atomic E-state index is 0.873. The fraction of sp³-hybridized carbons (Fsp3) is 0. The van der Waals surface area contributed by atoms with Crippen LogP contribution in [0, 0.1) is 0 Å². The molecule has 2 nitrogen and oxygen atoms in total. The molecule has 52 heavy (non-hydrogen) atoms. The molecule has 0 saturated carbocycles. The smallest absolute Gasteiger partial charge is 0.137 e. The highest BCUT2D eigenvalue weighted by Crippen LogP contribution is 2.41. The fourth-order valence-corrected chi connectivity index (χ4v) is 7.70. The lowest BCUT2D eigenvalue weighted by Crippen LogP contribution is -2.09. The molecule has 0 aliphatic rings. The number of fused-ring (bicyclic) bond motifs is 5. The van der Waals surface area contributed by atoms with Crippen LogP contribution in [0.15, 0.2) is 205 Å². The van der Waals surface area contributed by atoms with Crippen LogP contribution in [0.5, 0.6) is 0 Å². The normalized spacial score (nSPS) is 11.5. The Balaban J connectivity index is 1.06. The summed E-state index contributed by atoms with van der Waals surface area (Å²) in [7, 11) is 0. The number of para-hydroxylation sites is 1. The first kappa shape index (κ1) is 30.0. The average Bonchev–Trinajstić information content (AvgIpc) is 3.59. The first-order chi connectivity index (χ1) is 25.8. The Morgan fingerprint density at radius 2 is 0.808 bits per heavy atom. The van der Waals surface area contributed by atoms with Crippen molar-refractivity contribution >= 4 is 60.5 Å². The molecule has 0 radical (unpaired) electrons. The molecule has 244 valence electrons. The molecule has 0 amide bonds. The Bertz CT molecular complexity index is 2880. The number of hydrogen-bond acceptors (Lipinski definition) is 2. The summed E-state index contributed by atoms with van der Waals surface area (Å²) >= 11 is 0. The van der Waals surface area contributed by atoms with E-state index in [-0.39, 0.29) is 0 Å². The average molecular weight is 664 g/mol. The maximum Gasteiger partial charge on any atom is 0.137 e. The summed E-state index contributed by atoms with van der Waals surface area (Å²) in [6.07, 6.45) is 0. The lowest BCUT2D eigenvalue weighted by Gasteiger charge is -2.26. The molecule has 0 unspecified atom stereocenters. The SMILES string of the molecule is c1ccc(-c2ccc3c(-c4ccc(N(c5ccc(-c6cccc7ccccc67)cc5)c5ccc6c(c5)oc5ccccc56)cc4)cccc3c2)cc1. The summed E-state index contributed by atoms with van der Waals surface area (Å²) in [5.74, 6) is 0. The second-order valence-electron chi connectivity index (χ2n) is 13.3. The first-order valence-corrected chi connectivity index (χ1v) is 17.8. The van der Waals surface area contributed by atoms with Gasteiger partial charge >= 0.3 is 0 Å². The van der Waals surface area contributed by atoms with Crippen molar-refractivity contribution < 1.29 is 4.42 Å². The van der Waals surface area contributed by atoms with E-state index in [0.29, 0.717) is 0 Å². The van der Waals surface area contributed by atoms with Crippen LogP contribution in [0.3, 0.4) is 0 Å². The molecule has 10 rings (SSSR count). The lowest BCUT2D eigenvalue weighted by molar-refractivity contribution is 0.669. The van der Waals surface area contributed by atoms with Crippen molar-refractivity contribution in [1.82, 2.24) is 0 Å². The predicted octanol–water partition coefficient (Wildman–Crippen LogP) is 14.4. The van der Waals surface area contributed by atoms with Gasteiger partial charge in [0.05, 0.1) is 0 Å². The zero-order valence-corrected chi connectivity index (χ0v) is 28.4. The number of hydrogen-bond donors (Lipinski definition) is 0. The number of furan rings is 1. The van der Waals surface area contributed by atoms with Crippen molar-refractivity contribution in [2.24, 2.45) is 0 Å². The van der Waals surface area contributed by atoms with Gasteiger partial charge in [-0.25, -0.2) is 0 Å². The Morgan fingerprint density at radius 1 is 0.288 bits per heavy atom. The Kier molecular flexibility index (Phi) is 7.18. The van der Waals surface area contributed by atoms with Gasteiger partial charge in [0.15, 0.2) is 0 Å².